The molecule has 0 bridgehead atoms. The number of benzene rings is 2. The van der Waals surface area contributed by atoms with Gasteiger partial charge in [0.2, 0.25) is 17.6 Å². The summed E-state index contributed by atoms with van der Waals surface area (Å²) < 4.78 is 15.6. The Hall–Kier alpha value is -3.35. The Morgan fingerprint density at radius 3 is 2.57 bits per heavy atom. The first-order valence-corrected chi connectivity index (χ1v) is 9.04. The average molecular weight is 381 g/mol. The number of aryl methyl sites for hydroxylation is 1. The second-order valence-electron chi connectivity index (χ2n) is 6.19. The lowest BCUT2D eigenvalue weighted by Gasteiger charge is -2.05. The van der Waals surface area contributed by atoms with Crippen molar-refractivity contribution in [2.45, 2.75) is 19.3 Å². The predicted octanol–water partition coefficient (Wildman–Crippen LogP) is 3.05. The van der Waals surface area contributed by atoms with E-state index in [2.05, 4.69) is 15.5 Å². The molecule has 7 heteroatoms. The summed E-state index contributed by atoms with van der Waals surface area (Å²) in [5.74, 6) is 2.41. The van der Waals surface area contributed by atoms with Gasteiger partial charge in [-0.15, -0.1) is 0 Å². The molecule has 0 aliphatic rings. The van der Waals surface area contributed by atoms with Crippen LogP contribution in [0, 0.1) is 0 Å². The van der Waals surface area contributed by atoms with Crippen LogP contribution in [0.2, 0.25) is 0 Å². The number of rotatable bonds is 9. The summed E-state index contributed by atoms with van der Waals surface area (Å²) in [6.45, 7) is 0.573. The lowest BCUT2D eigenvalue weighted by Crippen LogP contribution is -2.25. The molecule has 3 rings (SSSR count). The second-order valence-corrected chi connectivity index (χ2v) is 6.19. The maximum absolute atomic E-state index is 12.0. The molecule has 0 atom stereocenters. The summed E-state index contributed by atoms with van der Waals surface area (Å²) in [7, 11) is 3.24. The largest absolute Gasteiger partial charge is 0.497 e. The molecule has 28 heavy (non-hydrogen) atoms. The van der Waals surface area contributed by atoms with Crippen LogP contribution < -0.4 is 14.8 Å². The minimum absolute atomic E-state index is 0.0466. The van der Waals surface area contributed by atoms with E-state index in [4.69, 9.17) is 14.0 Å². The van der Waals surface area contributed by atoms with Gasteiger partial charge >= 0.3 is 0 Å². The van der Waals surface area contributed by atoms with Crippen LogP contribution in [-0.2, 0) is 17.6 Å². The van der Waals surface area contributed by atoms with Crippen molar-refractivity contribution in [1.29, 1.82) is 0 Å². The van der Waals surface area contributed by atoms with E-state index in [1.165, 1.54) is 0 Å². The minimum Gasteiger partial charge on any atom is -0.497 e. The number of hydrogen-bond donors (Lipinski definition) is 1. The molecule has 1 aromatic heterocycles. The first-order chi connectivity index (χ1) is 13.7. The number of hydrogen-bond acceptors (Lipinski definition) is 6. The van der Waals surface area contributed by atoms with Gasteiger partial charge in [-0.25, -0.2) is 0 Å². The van der Waals surface area contributed by atoms with Crippen LogP contribution in [0.5, 0.6) is 11.5 Å². The van der Waals surface area contributed by atoms with Crippen LogP contribution in [-0.4, -0.2) is 36.8 Å². The summed E-state index contributed by atoms with van der Waals surface area (Å²) in [4.78, 5) is 16.4. The van der Waals surface area contributed by atoms with Gasteiger partial charge in [0.15, 0.2) is 0 Å². The molecule has 3 aromatic rings. The van der Waals surface area contributed by atoms with Gasteiger partial charge in [0.25, 0.3) is 0 Å². The van der Waals surface area contributed by atoms with Crippen LogP contribution in [0.25, 0.3) is 11.4 Å². The van der Waals surface area contributed by atoms with Gasteiger partial charge in [0.05, 0.1) is 14.2 Å². The van der Waals surface area contributed by atoms with E-state index < -0.39 is 0 Å². The molecule has 0 fully saturated rings. The van der Waals surface area contributed by atoms with Crippen molar-refractivity contribution in [3.05, 3.63) is 60.0 Å². The van der Waals surface area contributed by atoms with Gasteiger partial charge in [0, 0.05) is 24.9 Å². The van der Waals surface area contributed by atoms with E-state index >= 15 is 0 Å². The summed E-state index contributed by atoms with van der Waals surface area (Å²) in [6.07, 6.45) is 1.45. The first-order valence-electron chi connectivity index (χ1n) is 9.04. The molecule has 1 amide bonds. The minimum atomic E-state index is -0.0466. The smallest absolute Gasteiger partial charge is 0.227 e. The van der Waals surface area contributed by atoms with E-state index in [0.717, 1.165) is 29.0 Å². The highest BCUT2D eigenvalue weighted by Gasteiger charge is 2.11. The lowest BCUT2D eigenvalue weighted by atomic mass is 10.1. The van der Waals surface area contributed by atoms with Crippen molar-refractivity contribution in [2.24, 2.45) is 0 Å². The fraction of sp³-hybridized carbons (Fsp3) is 0.286. The highest BCUT2D eigenvalue weighted by atomic mass is 16.5. The van der Waals surface area contributed by atoms with Crippen LogP contribution >= 0.6 is 0 Å². The van der Waals surface area contributed by atoms with E-state index in [0.29, 0.717) is 31.1 Å². The Morgan fingerprint density at radius 1 is 1.04 bits per heavy atom. The number of aromatic nitrogens is 2. The zero-order valence-corrected chi connectivity index (χ0v) is 16.0. The fourth-order valence-electron chi connectivity index (χ4n) is 2.68. The second kappa shape index (κ2) is 9.55. The number of methoxy groups -OCH3 is 2. The molecule has 0 spiro atoms. The van der Waals surface area contributed by atoms with Crippen LogP contribution in [0.4, 0.5) is 0 Å². The van der Waals surface area contributed by atoms with Crippen LogP contribution in [0.3, 0.4) is 0 Å². The Kier molecular flexibility index (Phi) is 6.62. The monoisotopic (exact) mass is 381 g/mol. The quantitative estimate of drug-likeness (QED) is 0.613. The zero-order valence-electron chi connectivity index (χ0n) is 16.0. The third-order valence-corrected chi connectivity index (χ3v) is 4.26. The number of ether oxygens (including phenoxy) is 2. The number of nitrogens with zero attached hydrogens (tertiary/aromatic N) is 2. The Balaban J connectivity index is 1.43. The first kappa shape index (κ1) is 19.4. The summed E-state index contributed by atoms with van der Waals surface area (Å²) >= 11 is 0. The van der Waals surface area contributed by atoms with Crippen molar-refractivity contribution < 1.29 is 18.8 Å². The van der Waals surface area contributed by atoms with Crippen molar-refractivity contribution in [1.82, 2.24) is 15.5 Å². The fourth-order valence-corrected chi connectivity index (χ4v) is 2.68. The molecular formula is C21H23N3O4. The molecule has 0 aliphatic heterocycles. The number of nitrogens with one attached hydrogen (secondary N) is 1. The molecule has 0 aliphatic carbocycles. The normalized spacial score (nSPS) is 10.5. The summed E-state index contributed by atoms with van der Waals surface area (Å²) in [5, 5.41) is 6.88. The SMILES string of the molecule is COc1ccc(CCNC(=O)CCc2nc(-c3cccc(OC)c3)no2)cc1. The van der Waals surface area contributed by atoms with Gasteiger partial charge in [0.1, 0.15) is 11.5 Å². The van der Waals surface area contributed by atoms with E-state index in [1.807, 2.05) is 48.5 Å². The summed E-state index contributed by atoms with van der Waals surface area (Å²) in [6, 6.07) is 15.2. The van der Waals surface area contributed by atoms with Gasteiger partial charge in [-0.2, -0.15) is 4.98 Å². The highest BCUT2D eigenvalue weighted by molar-refractivity contribution is 5.76. The summed E-state index contributed by atoms with van der Waals surface area (Å²) in [5.41, 5.74) is 1.94. The average Bonchev–Trinajstić information content (AvgIpc) is 3.22. The molecule has 0 unspecified atom stereocenters. The van der Waals surface area contributed by atoms with Gasteiger partial charge in [-0.1, -0.05) is 29.4 Å². The van der Waals surface area contributed by atoms with Gasteiger partial charge in [-0.05, 0) is 36.2 Å². The third kappa shape index (κ3) is 5.33. The molecule has 1 heterocycles. The molecule has 146 valence electrons. The highest BCUT2D eigenvalue weighted by Crippen LogP contribution is 2.21. The Bertz CT molecular complexity index is 906. The maximum Gasteiger partial charge on any atom is 0.227 e. The Labute approximate surface area is 163 Å². The molecule has 2 aromatic carbocycles. The lowest BCUT2D eigenvalue weighted by molar-refractivity contribution is -0.121. The topological polar surface area (TPSA) is 86.5 Å². The molecule has 0 saturated heterocycles. The van der Waals surface area contributed by atoms with E-state index in [1.54, 1.807) is 14.2 Å². The Morgan fingerprint density at radius 2 is 1.82 bits per heavy atom. The van der Waals surface area contributed by atoms with Crippen LogP contribution in [0.15, 0.2) is 53.1 Å². The maximum atomic E-state index is 12.0. The number of carbonyl (C=O) groups is 1. The van der Waals surface area contributed by atoms with E-state index in [9.17, 15) is 4.79 Å². The van der Waals surface area contributed by atoms with Gasteiger partial charge < -0.3 is 19.3 Å². The molecule has 1 N–H and O–H groups in total. The van der Waals surface area contributed by atoms with Crippen molar-refractivity contribution >= 4 is 5.91 Å². The van der Waals surface area contributed by atoms with Crippen molar-refractivity contribution in [3.8, 4) is 22.9 Å². The molecule has 0 radical (unpaired) electrons. The van der Waals surface area contributed by atoms with Crippen molar-refractivity contribution in [2.75, 3.05) is 20.8 Å². The zero-order chi connectivity index (χ0) is 19.8. The van der Waals surface area contributed by atoms with E-state index in [-0.39, 0.29) is 5.91 Å². The van der Waals surface area contributed by atoms with Crippen molar-refractivity contribution in [3.63, 3.8) is 0 Å². The van der Waals surface area contributed by atoms with Crippen LogP contribution in [0.1, 0.15) is 17.9 Å². The third-order valence-electron chi connectivity index (χ3n) is 4.26. The van der Waals surface area contributed by atoms with Gasteiger partial charge in [-0.3, -0.25) is 4.79 Å². The molecule has 0 saturated carbocycles. The standard InChI is InChI=1S/C21H23N3O4/c1-26-17-8-6-15(7-9-17)12-13-22-19(25)10-11-20-23-21(24-28-20)16-4-3-5-18(14-16)27-2/h3-9,14H,10-13H2,1-2H3,(H,22,25). The molecular weight excluding hydrogens is 358 g/mol. The number of amides is 1. The number of carbonyl (C=O) groups excluding carboxylic acids is 1. The predicted molar refractivity (Wildman–Crippen MR) is 104 cm³/mol. The molecule has 7 nitrogen and oxygen atoms in total.